The van der Waals surface area contributed by atoms with Crippen LogP contribution in [0.3, 0.4) is 0 Å². The second-order valence-corrected chi connectivity index (χ2v) is 7.32. The molecule has 0 aliphatic heterocycles. The highest BCUT2D eigenvalue weighted by Gasteiger charge is 2.20. The number of aliphatic carboxylic acids is 1. The van der Waals surface area contributed by atoms with Gasteiger partial charge in [-0.3, -0.25) is 4.79 Å². The number of benzene rings is 2. The number of aromatic nitrogens is 2. The topological polar surface area (TPSA) is 84.3 Å². The van der Waals surface area contributed by atoms with E-state index in [2.05, 4.69) is 5.32 Å². The maximum atomic E-state index is 10.9. The van der Waals surface area contributed by atoms with Gasteiger partial charge in [0.1, 0.15) is 11.6 Å². The van der Waals surface area contributed by atoms with Crippen LogP contribution < -0.4 is 10.1 Å². The van der Waals surface area contributed by atoms with Gasteiger partial charge in [0.2, 0.25) is 0 Å². The normalized spacial score (nSPS) is 12.5. The summed E-state index contributed by atoms with van der Waals surface area (Å²) in [5.41, 5.74) is 4.61. The third-order valence-corrected chi connectivity index (χ3v) is 5.21. The summed E-state index contributed by atoms with van der Waals surface area (Å²) in [5.74, 6) is 1.15. The largest absolute Gasteiger partial charge is 0.495 e. The van der Waals surface area contributed by atoms with Crippen molar-refractivity contribution in [1.29, 1.82) is 0 Å². The van der Waals surface area contributed by atoms with E-state index in [1.807, 2.05) is 42.5 Å². The van der Waals surface area contributed by atoms with Crippen LogP contribution in [-0.2, 0) is 24.1 Å². The van der Waals surface area contributed by atoms with Crippen LogP contribution in [-0.4, -0.2) is 28.2 Å². The van der Waals surface area contributed by atoms with Gasteiger partial charge < -0.3 is 15.2 Å². The van der Waals surface area contributed by atoms with Gasteiger partial charge in [0.15, 0.2) is 5.82 Å². The molecule has 6 nitrogen and oxygen atoms in total. The first-order valence-electron chi connectivity index (χ1n) is 9.35. The Morgan fingerprint density at radius 1 is 1.17 bits per heavy atom. The molecule has 0 unspecified atom stereocenters. The maximum absolute atomic E-state index is 10.9. The Balaban J connectivity index is 1.67. The summed E-state index contributed by atoms with van der Waals surface area (Å²) in [4.78, 5) is 20.4. The molecule has 2 N–H and O–H groups in total. The Hall–Kier alpha value is -3.12. The lowest BCUT2D eigenvalue weighted by atomic mass is 10.1. The second kappa shape index (κ2) is 8.09. The van der Waals surface area contributed by atoms with E-state index in [0.29, 0.717) is 16.6 Å². The lowest BCUT2D eigenvalue weighted by Crippen LogP contribution is -2.04. The Labute approximate surface area is 173 Å². The molecule has 7 heteroatoms. The lowest BCUT2D eigenvalue weighted by Gasteiger charge is -2.13. The van der Waals surface area contributed by atoms with Crippen molar-refractivity contribution < 1.29 is 14.6 Å². The van der Waals surface area contributed by atoms with Crippen molar-refractivity contribution in [3.05, 3.63) is 64.3 Å². The molecule has 2 aromatic carbocycles. The molecule has 0 amide bonds. The van der Waals surface area contributed by atoms with Crippen LogP contribution in [0.15, 0.2) is 42.5 Å². The SMILES string of the molecule is COc1ccc(-c2nc3c(c(Nc4ccc(CC(=O)O)cc4)n2)CCC3)cc1Cl. The highest BCUT2D eigenvalue weighted by atomic mass is 35.5. The molecule has 4 rings (SSSR count). The third-order valence-electron chi connectivity index (χ3n) is 4.92. The molecule has 0 spiro atoms. The van der Waals surface area contributed by atoms with Crippen LogP contribution in [0.25, 0.3) is 11.4 Å². The van der Waals surface area contributed by atoms with E-state index in [0.717, 1.165) is 53.2 Å². The number of fused-ring (bicyclic) bond motifs is 1. The van der Waals surface area contributed by atoms with Crippen molar-refractivity contribution in [2.45, 2.75) is 25.7 Å². The van der Waals surface area contributed by atoms with Crippen molar-refractivity contribution in [3.63, 3.8) is 0 Å². The summed E-state index contributed by atoms with van der Waals surface area (Å²) in [6, 6.07) is 12.9. The molecule has 1 aromatic heterocycles. The van der Waals surface area contributed by atoms with Gasteiger partial charge in [-0.15, -0.1) is 0 Å². The van der Waals surface area contributed by atoms with E-state index in [-0.39, 0.29) is 6.42 Å². The fourth-order valence-corrected chi connectivity index (χ4v) is 3.75. The average molecular weight is 410 g/mol. The quantitative estimate of drug-likeness (QED) is 0.615. The number of methoxy groups -OCH3 is 1. The second-order valence-electron chi connectivity index (χ2n) is 6.92. The monoisotopic (exact) mass is 409 g/mol. The summed E-state index contributed by atoms with van der Waals surface area (Å²) in [5, 5.41) is 12.8. The number of carboxylic acids is 1. The fourth-order valence-electron chi connectivity index (χ4n) is 3.49. The molecule has 0 radical (unpaired) electrons. The maximum Gasteiger partial charge on any atom is 0.307 e. The number of ether oxygens (including phenoxy) is 1. The predicted octanol–water partition coefficient (Wildman–Crippen LogP) is 4.67. The van der Waals surface area contributed by atoms with Crippen molar-refractivity contribution in [2.24, 2.45) is 0 Å². The highest BCUT2D eigenvalue weighted by molar-refractivity contribution is 6.32. The number of halogens is 1. The summed E-state index contributed by atoms with van der Waals surface area (Å²) in [6.07, 6.45) is 2.90. The number of hydrogen-bond acceptors (Lipinski definition) is 5. The van der Waals surface area contributed by atoms with Crippen LogP contribution >= 0.6 is 11.6 Å². The standard InChI is InChI=1S/C22H20ClN3O3/c1-29-19-10-7-14(12-17(19)23)21-25-18-4-2-3-16(18)22(26-21)24-15-8-5-13(6-9-15)11-20(27)28/h5-10,12H,2-4,11H2,1H3,(H,27,28)(H,24,25,26). The smallest absolute Gasteiger partial charge is 0.307 e. The van der Waals surface area contributed by atoms with Gasteiger partial charge in [-0.05, 0) is 55.2 Å². The average Bonchev–Trinajstić information content (AvgIpc) is 3.18. The van der Waals surface area contributed by atoms with E-state index in [1.165, 1.54) is 0 Å². The molecule has 0 saturated heterocycles. The van der Waals surface area contributed by atoms with Gasteiger partial charge in [-0.25, -0.2) is 9.97 Å². The van der Waals surface area contributed by atoms with Gasteiger partial charge in [0.25, 0.3) is 0 Å². The number of anilines is 2. The first-order valence-corrected chi connectivity index (χ1v) is 9.73. The van der Waals surface area contributed by atoms with Gasteiger partial charge in [-0.2, -0.15) is 0 Å². The molecule has 3 aromatic rings. The molecular formula is C22H20ClN3O3. The lowest BCUT2D eigenvalue weighted by molar-refractivity contribution is -0.136. The number of hydrogen-bond donors (Lipinski definition) is 2. The minimum absolute atomic E-state index is 0.00552. The number of aryl methyl sites for hydroxylation is 1. The first kappa shape index (κ1) is 19.2. The summed E-state index contributed by atoms with van der Waals surface area (Å²) in [7, 11) is 1.58. The molecular weight excluding hydrogens is 390 g/mol. The Morgan fingerprint density at radius 2 is 1.97 bits per heavy atom. The number of nitrogens with zero attached hydrogens (tertiary/aromatic N) is 2. The molecule has 1 aliphatic rings. The molecule has 29 heavy (non-hydrogen) atoms. The zero-order chi connectivity index (χ0) is 20.4. The van der Waals surface area contributed by atoms with E-state index in [4.69, 9.17) is 31.4 Å². The minimum Gasteiger partial charge on any atom is -0.495 e. The van der Waals surface area contributed by atoms with Crippen LogP contribution in [0.2, 0.25) is 5.02 Å². The molecule has 0 atom stereocenters. The summed E-state index contributed by atoms with van der Waals surface area (Å²) in [6.45, 7) is 0. The van der Waals surface area contributed by atoms with Crippen molar-refractivity contribution in [3.8, 4) is 17.1 Å². The zero-order valence-electron chi connectivity index (χ0n) is 15.9. The Bertz CT molecular complexity index is 1070. The van der Waals surface area contributed by atoms with Crippen LogP contribution in [0.4, 0.5) is 11.5 Å². The highest BCUT2D eigenvalue weighted by Crippen LogP contribution is 2.33. The number of carbonyl (C=O) groups is 1. The van der Waals surface area contributed by atoms with Gasteiger partial charge in [-0.1, -0.05) is 23.7 Å². The Kier molecular flexibility index (Phi) is 5.36. The molecule has 1 aliphatic carbocycles. The van der Waals surface area contributed by atoms with Crippen molar-refractivity contribution >= 4 is 29.1 Å². The van der Waals surface area contributed by atoms with Gasteiger partial charge >= 0.3 is 5.97 Å². The fraction of sp³-hybridized carbons (Fsp3) is 0.227. The molecule has 0 bridgehead atoms. The van der Waals surface area contributed by atoms with Crippen LogP contribution in [0.5, 0.6) is 5.75 Å². The van der Waals surface area contributed by atoms with E-state index in [9.17, 15) is 4.79 Å². The molecule has 0 fully saturated rings. The summed E-state index contributed by atoms with van der Waals surface area (Å²) < 4.78 is 5.22. The van der Waals surface area contributed by atoms with Crippen LogP contribution in [0.1, 0.15) is 23.2 Å². The van der Waals surface area contributed by atoms with E-state index < -0.39 is 5.97 Å². The summed E-state index contributed by atoms with van der Waals surface area (Å²) >= 11 is 6.28. The number of carboxylic acid groups (broad SMARTS) is 1. The van der Waals surface area contributed by atoms with Crippen molar-refractivity contribution in [1.82, 2.24) is 9.97 Å². The first-order chi connectivity index (χ1) is 14.0. The predicted molar refractivity (Wildman–Crippen MR) is 112 cm³/mol. The zero-order valence-corrected chi connectivity index (χ0v) is 16.7. The Morgan fingerprint density at radius 3 is 2.66 bits per heavy atom. The number of nitrogens with one attached hydrogen (secondary N) is 1. The number of rotatable bonds is 6. The molecule has 1 heterocycles. The third kappa shape index (κ3) is 4.17. The van der Waals surface area contributed by atoms with Gasteiger partial charge in [0, 0.05) is 22.5 Å². The molecule has 148 valence electrons. The van der Waals surface area contributed by atoms with Crippen LogP contribution in [0, 0.1) is 0 Å². The van der Waals surface area contributed by atoms with Gasteiger partial charge in [0.05, 0.1) is 18.6 Å². The van der Waals surface area contributed by atoms with E-state index >= 15 is 0 Å². The van der Waals surface area contributed by atoms with Crippen molar-refractivity contribution in [2.75, 3.05) is 12.4 Å². The minimum atomic E-state index is -0.845. The molecule has 0 saturated carbocycles. The van der Waals surface area contributed by atoms with E-state index in [1.54, 1.807) is 7.11 Å².